The molecule has 100 valence electrons. The van der Waals surface area contributed by atoms with Crippen LogP contribution in [0.25, 0.3) is 0 Å². The highest BCUT2D eigenvalue weighted by molar-refractivity contribution is 7.07. The quantitative estimate of drug-likeness (QED) is 0.899. The van der Waals surface area contributed by atoms with Crippen molar-refractivity contribution in [1.82, 2.24) is 5.32 Å². The minimum atomic E-state index is 0.523. The number of hydrogen-bond donors (Lipinski definition) is 1. The van der Waals surface area contributed by atoms with Crippen LogP contribution in [0.3, 0.4) is 0 Å². The van der Waals surface area contributed by atoms with E-state index in [1.54, 1.807) is 11.3 Å². The topological polar surface area (TPSA) is 21.3 Å². The number of benzene rings is 1. The van der Waals surface area contributed by atoms with Gasteiger partial charge in [-0.1, -0.05) is 6.07 Å². The minimum absolute atomic E-state index is 0.523. The summed E-state index contributed by atoms with van der Waals surface area (Å²) >= 11 is 1.74. The number of fused-ring (bicyclic) bond motifs is 1. The largest absolute Gasteiger partial charge is 0.493 e. The van der Waals surface area contributed by atoms with E-state index in [4.69, 9.17) is 4.74 Å². The van der Waals surface area contributed by atoms with Crippen molar-refractivity contribution in [2.24, 2.45) is 0 Å². The first-order valence-corrected chi connectivity index (χ1v) is 7.75. The molecule has 1 unspecified atom stereocenters. The average molecular weight is 273 g/mol. The van der Waals surface area contributed by atoms with Gasteiger partial charge in [0.1, 0.15) is 5.75 Å². The van der Waals surface area contributed by atoms with Crippen LogP contribution < -0.4 is 10.1 Å². The van der Waals surface area contributed by atoms with Crippen LogP contribution in [0.5, 0.6) is 5.75 Å². The highest BCUT2D eigenvalue weighted by Gasteiger charge is 2.20. The Morgan fingerprint density at radius 2 is 2.32 bits per heavy atom. The van der Waals surface area contributed by atoms with Crippen molar-refractivity contribution in [3.05, 3.63) is 51.7 Å². The maximum atomic E-state index is 5.86. The molecule has 0 saturated heterocycles. The molecule has 1 aromatic heterocycles. The highest BCUT2D eigenvalue weighted by Crippen LogP contribution is 2.33. The van der Waals surface area contributed by atoms with Gasteiger partial charge < -0.3 is 10.1 Å². The normalized spacial score (nSPS) is 17.4. The molecule has 0 fully saturated rings. The molecule has 1 aromatic carbocycles. The van der Waals surface area contributed by atoms with Crippen molar-refractivity contribution >= 4 is 11.3 Å². The van der Waals surface area contributed by atoms with Gasteiger partial charge >= 0.3 is 0 Å². The van der Waals surface area contributed by atoms with E-state index >= 15 is 0 Å². The maximum absolute atomic E-state index is 5.86. The van der Waals surface area contributed by atoms with Crippen molar-refractivity contribution in [3.63, 3.8) is 0 Å². The molecule has 19 heavy (non-hydrogen) atoms. The molecule has 0 aliphatic heterocycles. The van der Waals surface area contributed by atoms with Crippen LogP contribution in [-0.4, -0.2) is 13.7 Å². The number of ether oxygens (including phenoxy) is 1. The summed E-state index contributed by atoms with van der Waals surface area (Å²) in [5.41, 5.74) is 4.24. The summed E-state index contributed by atoms with van der Waals surface area (Å²) in [5.74, 6) is 1.01. The van der Waals surface area contributed by atoms with Crippen molar-refractivity contribution in [1.29, 1.82) is 0 Å². The van der Waals surface area contributed by atoms with Gasteiger partial charge in [-0.2, -0.15) is 11.3 Å². The predicted molar refractivity (Wildman–Crippen MR) is 80.1 cm³/mol. The van der Waals surface area contributed by atoms with E-state index in [1.165, 1.54) is 23.1 Å². The van der Waals surface area contributed by atoms with Gasteiger partial charge in [-0.3, -0.25) is 0 Å². The first-order chi connectivity index (χ1) is 9.36. The first kappa shape index (κ1) is 12.7. The van der Waals surface area contributed by atoms with Crippen LogP contribution >= 0.6 is 11.3 Å². The Balaban J connectivity index is 1.60. The van der Waals surface area contributed by atoms with Gasteiger partial charge in [0.15, 0.2) is 0 Å². The predicted octanol–water partition coefficient (Wildman–Crippen LogP) is 3.58. The van der Waals surface area contributed by atoms with Crippen LogP contribution in [0.2, 0.25) is 0 Å². The highest BCUT2D eigenvalue weighted by atomic mass is 32.1. The number of aryl methyl sites for hydroxylation is 1. The Kier molecular flexibility index (Phi) is 3.85. The number of thiophene rings is 1. The second-order valence-corrected chi connectivity index (χ2v) is 5.75. The fourth-order valence-electron chi connectivity index (χ4n) is 2.71. The van der Waals surface area contributed by atoms with E-state index in [9.17, 15) is 0 Å². The van der Waals surface area contributed by atoms with Crippen molar-refractivity contribution in [3.8, 4) is 5.75 Å². The molecule has 0 amide bonds. The maximum Gasteiger partial charge on any atom is 0.119 e. The Morgan fingerprint density at radius 3 is 3.11 bits per heavy atom. The summed E-state index contributed by atoms with van der Waals surface area (Å²) in [7, 11) is 2.03. The summed E-state index contributed by atoms with van der Waals surface area (Å²) in [5, 5.41) is 7.66. The molecule has 0 saturated carbocycles. The fourth-order valence-corrected chi connectivity index (χ4v) is 3.41. The van der Waals surface area contributed by atoms with Crippen molar-refractivity contribution < 1.29 is 4.74 Å². The lowest BCUT2D eigenvalue weighted by Crippen LogP contribution is -2.12. The van der Waals surface area contributed by atoms with Crippen LogP contribution in [-0.2, 0) is 12.8 Å². The van der Waals surface area contributed by atoms with Gasteiger partial charge in [0.2, 0.25) is 0 Å². The molecule has 2 nitrogen and oxygen atoms in total. The molecule has 1 aliphatic rings. The number of nitrogens with one attached hydrogen (secondary N) is 1. The Bertz CT molecular complexity index is 536. The second-order valence-electron chi connectivity index (χ2n) is 4.97. The molecule has 3 rings (SSSR count). The molecular weight excluding hydrogens is 254 g/mol. The Labute approximate surface area is 118 Å². The smallest absolute Gasteiger partial charge is 0.119 e. The van der Waals surface area contributed by atoms with Gasteiger partial charge in [0.25, 0.3) is 0 Å². The van der Waals surface area contributed by atoms with Gasteiger partial charge in [-0.05, 0) is 65.5 Å². The molecule has 1 N–H and O–H groups in total. The van der Waals surface area contributed by atoms with E-state index in [0.29, 0.717) is 6.04 Å². The third kappa shape index (κ3) is 2.82. The minimum Gasteiger partial charge on any atom is -0.493 e. The van der Waals surface area contributed by atoms with E-state index in [2.05, 4.69) is 40.3 Å². The first-order valence-electron chi connectivity index (χ1n) is 6.81. The third-order valence-corrected chi connectivity index (χ3v) is 4.51. The van der Waals surface area contributed by atoms with E-state index in [1.807, 2.05) is 7.05 Å². The summed E-state index contributed by atoms with van der Waals surface area (Å²) in [6, 6.07) is 9.20. The van der Waals surface area contributed by atoms with Crippen molar-refractivity contribution in [2.75, 3.05) is 13.7 Å². The zero-order chi connectivity index (χ0) is 13.1. The summed E-state index contributed by atoms with van der Waals surface area (Å²) in [6.07, 6.45) is 3.34. The second kappa shape index (κ2) is 5.76. The molecule has 1 aliphatic carbocycles. The molecule has 2 aromatic rings. The summed E-state index contributed by atoms with van der Waals surface area (Å²) in [4.78, 5) is 0. The lowest BCUT2D eigenvalue weighted by atomic mass is 10.1. The lowest BCUT2D eigenvalue weighted by molar-refractivity contribution is 0.322. The zero-order valence-corrected chi connectivity index (χ0v) is 12.0. The SMILES string of the molecule is CNC1CCc2cc(OCCc3ccsc3)ccc21. The van der Waals surface area contributed by atoms with Gasteiger partial charge in [0.05, 0.1) is 6.61 Å². The number of rotatable bonds is 5. The zero-order valence-electron chi connectivity index (χ0n) is 11.2. The molecular formula is C16H19NOS. The number of hydrogen-bond acceptors (Lipinski definition) is 3. The molecule has 0 radical (unpaired) electrons. The molecule has 0 bridgehead atoms. The third-order valence-electron chi connectivity index (χ3n) is 3.78. The van der Waals surface area contributed by atoms with E-state index in [-0.39, 0.29) is 0 Å². The van der Waals surface area contributed by atoms with Crippen LogP contribution in [0.15, 0.2) is 35.0 Å². The standard InChI is InChI=1S/C16H19NOS/c1-17-16-5-2-13-10-14(3-4-15(13)16)18-8-6-12-7-9-19-11-12/h3-4,7,9-11,16-17H,2,5-6,8H2,1H3. The van der Waals surface area contributed by atoms with E-state index < -0.39 is 0 Å². The van der Waals surface area contributed by atoms with Crippen LogP contribution in [0.1, 0.15) is 29.2 Å². The summed E-state index contributed by atoms with van der Waals surface area (Å²) < 4.78 is 5.86. The Morgan fingerprint density at radius 1 is 1.37 bits per heavy atom. The van der Waals surface area contributed by atoms with E-state index in [0.717, 1.165) is 25.2 Å². The lowest BCUT2D eigenvalue weighted by Gasteiger charge is -2.11. The average Bonchev–Trinajstić information content (AvgIpc) is 3.07. The Hall–Kier alpha value is -1.32. The van der Waals surface area contributed by atoms with Gasteiger partial charge in [0, 0.05) is 12.5 Å². The molecule has 1 atom stereocenters. The fraction of sp³-hybridized carbons (Fsp3) is 0.375. The molecule has 0 spiro atoms. The molecule has 1 heterocycles. The van der Waals surface area contributed by atoms with Gasteiger partial charge in [-0.15, -0.1) is 0 Å². The summed E-state index contributed by atoms with van der Waals surface area (Å²) in [6.45, 7) is 0.755. The van der Waals surface area contributed by atoms with Crippen LogP contribution in [0.4, 0.5) is 0 Å². The van der Waals surface area contributed by atoms with Crippen LogP contribution in [0, 0.1) is 0 Å². The molecule has 3 heteroatoms. The monoisotopic (exact) mass is 273 g/mol. The van der Waals surface area contributed by atoms with Gasteiger partial charge in [-0.25, -0.2) is 0 Å². The van der Waals surface area contributed by atoms with Crippen molar-refractivity contribution in [2.45, 2.75) is 25.3 Å².